The second-order valence-electron chi connectivity index (χ2n) is 6.46. The number of anilines is 1. The SMILES string of the molecule is CCN(c1nccn(CC(C)C)c1=O)C1CCC(N)CC1. The quantitative estimate of drug-likeness (QED) is 0.901. The van der Waals surface area contributed by atoms with Crippen LogP contribution in [0.3, 0.4) is 0 Å². The van der Waals surface area contributed by atoms with E-state index >= 15 is 0 Å². The molecule has 1 heterocycles. The summed E-state index contributed by atoms with van der Waals surface area (Å²) < 4.78 is 1.78. The lowest BCUT2D eigenvalue weighted by atomic mass is 9.91. The molecule has 118 valence electrons. The van der Waals surface area contributed by atoms with Crippen LogP contribution in [0.2, 0.25) is 0 Å². The van der Waals surface area contributed by atoms with Gasteiger partial charge in [-0.2, -0.15) is 0 Å². The normalized spacial score (nSPS) is 22.5. The minimum Gasteiger partial charge on any atom is -0.349 e. The summed E-state index contributed by atoms with van der Waals surface area (Å²) in [5.74, 6) is 1.04. The highest BCUT2D eigenvalue weighted by atomic mass is 16.1. The molecule has 1 aliphatic rings. The lowest BCUT2D eigenvalue weighted by molar-refractivity contribution is 0.375. The van der Waals surface area contributed by atoms with Gasteiger partial charge in [0.2, 0.25) is 0 Å². The lowest BCUT2D eigenvalue weighted by Crippen LogP contribution is -2.44. The molecule has 0 aromatic carbocycles. The summed E-state index contributed by atoms with van der Waals surface area (Å²) in [6.07, 6.45) is 7.71. The predicted octanol–water partition coefficient (Wildman–Crippen LogP) is 2.00. The molecule has 5 nitrogen and oxygen atoms in total. The van der Waals surface area contributed by atoms with Gasteiger partial charge in [-0.15, -0.1) is 0 Å². The van der Waals surface area contributed by atoms with Crippen LogP contribution in [0.4, 0.5) is 5.82 Å². The van der Waals surface area contributed by atoms with Gasteiger partial charge >= 0.3 is 0 Å². The maximum atomic E-state index is 12.6. The largest absolute Gasteiger partial charge is 0.349 e. The Kier molecular flexibility index (Phi) is 5.39. The van der Waals surface area contributed by atoms with Gasteiger partial charge in [-0.1, -0.05) is 13.8 Å². The van der Waals surface area contributed by atoms with Crippen LogP contribution >= 0.6 is 0 Å². The molecule has 0 atom stereocenters. The zero-order chi connectivity index (χ0) is 15.4. The Hall–Kier alpha value is -1.36. The molecule has 1 aliphatic carbocycles. The Bertz CT molecular complexity index is 503. The second-order valence-corrected chi connectivity index (χ2v) is 6.46. The van der Waals surface area contributed by atoms with Crippen molar-refractivity contribution in [2.75, 3.05) is 11.4 Å². The topological polar surface area (TPSA) is 64.2 Å². The van der Waals surface area contributed by atoms with E-state index in [0.29, 0.717) is 23.8 Å². The minimum atomic E-state index is 0.0305. The number of aromatic nitrogens is 2. The third-order valence-corrected chi connectivity index (χ3v) is 4.25. The third-order valence-electron chi connectivity index (χ3n) is 4.25. The summed E-state index contributed by atoms with van der Waals surface area (Å²) in [7, 11) is 0. The molecule has 0 bridgehead atoms. The maximum Gasteiger partial charge on any atom is 0.293 e. The molecule has 0 aliphatic heterocycles. The summed E-state index contributed by atoms with van der Waals surface area (Å²) >= 11 is 0. The number of nitrogens with zero attached hydrogens (tertiary/aromatic N) is 3. The Balaban J connectivity index is 2.24. The number of rotatable bonds is 5. The Morgan fingerprint density at radius 3 is 2.62 bits per heavy atom. The van der Waals surface area contributed by atoms with E-state index in [-0.39, 0.29) is 5.56 Å². The fourth-order valence-corrected chi connectivity index (χ4v) is 3.16. The molecule has 0 radical (unpaired) electrons. The molecule has 5 heteroatoms. The van der Waals surface area contributed by atoms with Gasteiger partial charge in [0.25, 0.3) is 5.56 Å². The number of hydrogen-bond donors (Lipinski definition) is 1. The fraction of sp³-hybridized carbons (Fsp3) is 0.750. The monoisotopic (exact) mass is 292 g/mol. The van der Waals surface area contributed by atoms with E-state index in [2.05, 4.69) is 30.7 Å². The van der Waals surface area contributed by atoms with E-state index in [4.69, 9.17) is 5.73 Å². The van der Waals surface area contributed by atoms with Gasteiger partial charge in [0, 0.05) is 37.6 Å². The summed E-state index contributed by atoms with van der Waals surface area (Å²) in [6.45, 7) is 7.88. The van der Waals surface area contributed by atoms with E-state index in [1.165, 1.54) is 0 Å². The standard InChI is InChI=1S/C16H28N4O/c1-4-20(14-7-5-13(17)6-8-14)15-16(21)19(10-9-18-15)11-12(2)3/h9-10,12-14H,4-8,11,17H2,1-3H3. The molecule has 1 fully saturated rings. The van der Waals surface area contributed by atoms with Crippen molar-refractivity contribution in [1.29, 1.82) is 0 Å². The van der Waals surface area contributed by atoms with Crippen molar-refractivity contribution < 1.29 is 0 Å². The van der Waals surface area contributed by atoms with Crippen LogP contribution in [0.25, 0.3) is 0 Å². The molecule has 1 aromatic rings. The van der Waals surface area contributed by atoms with E-state index in [1.807, 2.05) is 0 Å². The van der Waals surface area contributed by atoms with Crippen LogP contribution in [0, 0.1) is 5.92 Å². The van der Waals surface area contributed by atoms with E-state index < -0.39 is 0 Å². The molecule has 2 rings (SSSR count). The minimum absolute atomic E-state index is 0.0305. The Morgan fingerprint density at radius 1 is 1.38 bits per heavy atom. The average Bonchev–Trinajstić information content (AvgIpc) is 2.45. The molecule has 0 unspecified atom stereocenters. The van der Waals surface area contributed by atoms with E-state index in [0.717, 1.165) is 38.8 Å². The highest BCUT2D eigenvalue weighted by molar-refractivity contribution is 5.37. The summed E-state index contributed by atoms with van der Waals surface area (Å²) in [6, 6.07) is 0.714. The zero-order valence-electron chi connectivity index (χ0n) is 13.5. The van der Waals surface area contributed by atoms with Crippen LogP contribution in [0.15, 0.2) is 17.2 Å². The van der Waals surface area contributed by atoms with Gasteiger partial charge in [-0.05, 0) is 38.5 Å². The van der Waals surface area contributed by atoms with E-state index in [1.54, 1.807) is 17.0 Å². The van der Waals surface area contributed by atoms with Crippen molar-refractivity contribution in [3.8, 4) is 0 Å². The molecule has 2 N–H and O–H groups in total. The van der Waals surface area contributed by atoms with Crippen molar-refractivity contribution in [2.45, 2.75) is 65.1 Å². The van der Waals surface area contributed by atoms with Crippen molar-refractivity contribution in [1.82, 2.24) is 9.55 Å². The Morgan fingerprint density at radius 2 is 2.05 bits per heavy atom. The Labute approximate surface area is 127 Å². The molecular formula is C16H28N4O. The molecule has 1 aromatic heterocycles. The van der Waals surface area contributed by atoms with Gasteiger partial charge in [0.15, 0.2) is 5.82 Å². The zero-order valence-corrected chi connectivity index (χ0v) is 13.5. The summed E-state index contributed by atoms with van der Waals surface area (Å²) in [4.78, 5) is 19.2. The van der Waals surface area contributed by atoms with Crippen LogP contribution in [0.5, 0.6) is 0 Å². The highest BCUT2D eigenvalue weighted by Gasteiger charge is 2.26. The average molecular weight is 292 g/mol. The molecule has 21 heavy (non-hydrogen) atoms. The first kappa shape index (κ1) is 16.0. The van der Waals surface area contributed by atoms with Crippen LogP contribution in [0.1, 0.15) is 46.5 Å². The number of hydrogen-bond acceptors (Lipinski definition) is 4. The smallest absolute Gasteiger partial charge is 0.293 e. The molecule has 0 amide bonds. The maximum absolute atomic E-state index is 12.6. The van der Waals surface area contributed by atoms with Crippen LogP contribution < -0.4 is 16.2 Å². The predicted molar refractivity (Wildman–Crippen MR) is 86.6 cm³/mol. The molecule has 1 saturated carbocycles. The van der Waals surface area contributed by atoms with E-state index in [9.17, 15) is 4.79 Å². The van der Waals surface area contributed by atoms with Crippen molar-refractivity contribution >= 4 is 5.82 Å². The van der Waals surface area contributed by atoms with Gasteiger partial charge in [-0.25, -0.2) is 4.98 Å². The fourth-order valence-electron chi connectivity index (χ4n) is 3.16. The van der Waals surface area contributed by atoms with Gasteiger partial charge in [-0.3, -0.25) is 4.79 Å². The molecule has 0 saturated heterocycles. The first-order valence-electron chi connectivity index (χ1n) is 8.10. The van der Waals surface area contributed by atoms with Crippen molar-refractivity contribution in [2.24, 2.45) is 11.7 Å². The van der Waals surface area contributed by atoms with Gasteiger partial charge < -0.3 is 15.2 Å². The lowest BCUT2D eigenvalue weighted by Gasteiger charge is -2.35. The van der Waals surface area contributed by atoms with Gasteiger partial charge in [0.05, 0.1) is 0 Å². The number of nitrogens with two attached hydrogens (primary N) is 1. The molecule has 0 spiro atoms. The first-order chi connectivity index (χ1) is 10.0. The summed E-state index contributed by atoms with van der Waals surface area (Å²) in [5.41, 5.74) is 6.02. The van der Waals surface area contributed by atoms with Crippen molar-refractivity contribution in [3.63, 3.8) is 0 Å². The van der Waals surface area contributed by atoms with Crippen LogP contribution in [-0.4, -0.2) is 28.2 Å². The third kappa shape index (κ3) is 3.84. The summed E-state index contributed by atoms with van der Waals surface area (Å²) in [5, 5.41) is 0. The van der Waals surface area contributed by atoms with Gasteiger partial charge in [0.1, 0.15) is 0 Å². The second kappa shape index (κ2) is 7.07. The first-order valence-corrected chi connectivity index (χ1v) is 8.10. The molecular weight excluding hydrogens is 264 g/mol. The highest BCUT2D eigenvalue weighted by Crippen LogP contribution is 2.24. The van der Waals surface area contributed by atoms with Crippen molar-refractivity contribution in [3.05, 3.63) is 22.7 Å². The van der Waals surface area contributed by atoms with Crippen LogP contribution in [-0.2, 0) is 6.54 Å².